The number of hydrogen-bond donors (Lipinski definition) is 1. The van der Waals surface area contributed by atoms with Gasteiger partial charge in [-0.2, -0.15) is 5.10 Å². The van der Waals surface area contributed by atoms with E-state index in [-0.39, 0.29) is 18.0 Å². The molecule has 0 atom stereocenters. The van der Waals surface area contributed by atoms with Crippen molar-refractivity contribution in [3.05, 3.63) is 77.5 Å². The van der Waals surface area contributed by atoms with Crippen LogP contribution in [0.1, 0.15) is 0 Å². The lowest BCUT2D eigenvalue weighted by molar-refractivity contribution is -0.117. The second kappa shape index (κ2) is 6.60. The number of carbonyl (C=O) groups excluding carboxylic acids is 1. The molecular weight excluding hydrogens is 332 g/mol. The highest BCUT2D eigenvalue weighted by Crippen LogP contribution is 2.15. The maximum absolute atomic E-state index is 12.3. The molecule has 4 rings (SSSR count). The summed E-state index contributed by atoms with van der Waals surface area (Å²) in [5.74, 6) is 0.0871. The first-order chi connectivity index (χ1) is 12.7. The van der Waals surface area contributed by atoms with Crippen molar-refractivity contribution in [3.63, 3.8) is 0 Å². The average Bonchev–Trinajstić information content (AvgIpc) is 3.18. The lowest BCUT2D eigenvalue weighted by Gasteiger charge is -2.08. The zero-order valence-electron chi connectivity index (χ0n) is 13.6. The van der Waals surface area contributed by atoms with Gasteiger partial charge >= 0.3 is 0 Å². The van der Waals surface area contributed by atoms with Gasteiger partial charge in [-0.05, 0) is 24.3 Å². The van der Waals surface area contributed by atoms with E-state index < -0.39 is 0 Å². The molecule has 0 spiro atoms. The number of hydrogen-bond acceptors (Lipinski definition) is 5. The van der Waals surface area contributed by atoms with Crippen LogP contribution in [0.15, 0.2) is 71.9 Å². The van der Waals surface area contributed by atoms with E-state index in [1.54, 1.807) is 30.7 Å². The normalized spacial score (nSPS) is 10.8. The van der Waals surface area contributed by atoms with Crippen LogP contribution < -0.4 is 10.9 Å². The van der Waals surface area contributed by atoms with Gasteiger partial charge in [0, 0.05) is 23.8 Å². The van der Waals surface area contributed by atoms with Crippen LogP contribution in [-0.2, 0) is 11.3 Å². The molecule has 0 radical (unpaired) electrons. The summed E-state index contributed by atoms with van der Waals surface area (Å²) in [5, 5.41) is 11.9. The van der Waals surface area contributed by atoms with Gasteiger partial charge in [0.25, 0.3) is 5.56 Å². The van der Waals surface area contributed by atoms with Gasteiger partial charge in [0.15, 0.2) is 5.82 Å². The van der Waals surface area contributed by atoms with Gasteiger partial charge in [-0.15, -0.1) is 5.10 Å². The third kappa shape index (κ3) is 3.20. The van der Waals surface area contributed by atoms with Gasteiger partial charge < -0.3 is 5.32 Å². The number of anilines is 1. The highest BCUT2D eigenvalue weighted by Gasteiger charge is 2.09. The maximum atomic E-state index is 12.3. The van der Waals surface area contributed by atoms with Crippen molar-refractivity contribution in [2.24, 2.45) is 0 Å². The molecule has 0 aliphatic heterocycles. The molecule has 3 heterocycles. The van der Waals surface area contributed by atoms with E-state index in [0.29, 0.717) is 11.5 Å². The third-order valence-electron chi connectivity index (χ3n) is 3.76. The summed E-state index contributed by atoms with van der Waals surface area (Å²) < 4.78 is 2.61. The fourth-order valence-electron chi connectivity index (χ4n) is 2.55. The topological polar surface area (TPSA) is 94.7 Å². The van der Waals surface area contributed by atoms with E-state index >= 15 is 0 Å². The molecule has 3 aromatic heterocycles. The molecule has 0 fully saturated rings. The number of fused-ring (bicyclic) bond motifs is 1. The SMILES string of the molecule is O=C(Cn1nc(-n2cccn2)ccc1=O)Nc1cnc2ccccc2c1. The maximum Gasteiger partial charge on any atom is 0.267 e. The minimum absolute atomic E-state index is 0.208. The highest BCUT2D eigenvalue weighted by atomic mass is 16.2. The number of nitrogens with zero attached hydrogens (tertiary/aromatic N) is 5. The number of amides is 1. The first-order valence-corrected chi connectivity index (χ1v) is 7.92. The Morgan fingerprint density at radius 1 is 1.12 bits per heavy atom. The van der Waals surface area contributed by atoms with E-state index in [0.717, 1.165) is 15.6 Å². The van der Waals surface area contributed by atoms with Crippen LogP contribution in [0, 0.1) is 0 Å². The smallest absolute Gasteiger partial charge is 0.267 e. The largest absolute Gasteiger partial charge is 0.323 e. The average molecular weight is 346 g/mol. The van der Waals surface area contributed by atoms with E-state index in [1.807, 2.05) is 30.3 Å². The van der Waals surface area contributed by atoms with Gasteiger partial charge in [-0.3, -0.25) is 14.6 Å². The molecule has 1 amide bonds. The van der Waals surface area contributed by atoms with Gasteiger partial charge in [-0.1, -0.05) is 18.2 Å². The summed E-state index contributed by atoms with van der Waals surface area (Å²) in [6, 6.07) is 14.1. The van der Waals surface area contributed by atoms with Crippen molar-refractivity contribution in [1.29, 1.82) is 0 Å². The van der Waals surface area contributed by atoms with Crippen LogP contribution in [0.3, 0.4) is 0 Å². The van der Waals surface area contributed by atoms with Crippen molar-refractivity contribution in [2.45, 2.75) is 6.54 Å². The molecule has 128 valence electrons. The molecule has 1 N–H and O–H groups in total. The second-order valence-electron chi connectivity index (χ2n) is 5.60. The second-order valence-corrected chi connectivity index (χ2v) is 5.60. The first-order valence-electron chi connectivity index (χ1n) is 7.92. The zero-order chi connectivity index (χ0) is 17.9. The van der Waals surface area contributed by atoms with Crippen molar-refractivity contribution in [3.8, 4) is 5.82 Å². The van der Waals surface area contributed by atoms with Crippen molar-refractivity contribution >= 4 is 22.5 Å². The number of para-hydroxylation sites is 1. The molecule has 8 heteroatoms. The molecule has 0 aliphatic carbocycles. The Morgan fingerprint density at radius 2 is 2.00 bits per heavy atom. The van der Waals surface area contributed by atoms with E-state index in [4.69, 9.17) is 0 Å². The van der Waals surface area contributed by atoms with Gasteiger partial charge in [-0.25, -0.2) is 9.36 Å². The Morgan fingerprint density at radius 3 is 2.85 bits per heavy atom. The Kier molecular flexibility index (Phi) is 3.98. The standard InChI is InChI=1S/C18H14N6O2/c25-17(21-14-10-13-4-1-2-5-15(13)19-11-14)12-24-18(26)7-6-16(22-24)23-9-3-8-20-23/h1-11H,12H2,(H,21,25). The Balaban J connectivity index is 1.54. The van der Waals surface area contributed by atoms with Crippen molar-refractivity contribution < 1.29 is 4.79 Å². The van der Waals surface area contributed by atoms with Crippen LogP contribution in [0.25, 0.3) is 16.7 Å². The fraction of sp³-hybridized carbons (Fsp3) is 0.0556. The van der Waals surface area contributed by atoms with Gasteiger partial charge in [0.2, 0.25) is 5.91 Å². The summed E-state index contributed by atoms with van der Waals surface area (Å²) in [5.41, 5.74) is 1.04. The van der Waals surface area contributed by atoms with Gasteiger partial charge in [0.1, 0.15) is 6.54 Å². The highest BCUT2D eigenvalue weighted by molar-refractivity contribution is 5.92. The van der Waals surface area contributed by atoms with E-state index in [1.165, 1.54) is 10.7 Å². The molecular formula is C18H14N6O2. The van der Waals surface area contributed by atoms with Gasteiger partial charge in [0.05, 0.1) is 17.4 Å². The molecule has 1 aromatic carbocycles. The molecule has 8 nitrogen and oxygen atoms in total. The van der Waals surface area contributed by atoms with Crippen LogP contribution in [-0.4, -0.2) is 30.5 Å². The Hall–Kier alpha value is -3.81. The minimum atomic E-state index is -0.368. The number of nitrogens with one attached hydrogen (secondary N) is 1. The first kappa shape index (κ1) is 15.7. The van der Waals surface area contributed by atoms with E-state index in [9.17, 15) is 9.59 Å². The monoisotopic (exact) mass is 346 g/mol. The summed E-state index contributed by atoms with van der Waals surface area (Å²) >= 11 is 0. The predicted octanol–water partition coefficient (Wildman–Crippen LogP) is 1.62. The number of pyridine rings is 1. The predicted molar refractivity (Wildman–Crippen MR) is 96.0 cm³/mol. The molecule has 0 unspecified atom stereocenters. The molecule has 26 heavy (non-hydrogen) atoms. The van der Waals surface area contributed by atoms with Crippen molar-refractivity contribution in [2.75, 3.05) is 5.32 Å². The lowest BCUT2D eigenvalue weighted by atomic mass is 10.2. The molecule has 0 bridgehead atoms. The Labute approximate surface area is 147 Å². The number of carbonyl (C=O) groups is 1. The Bertz CT molecular complexity index is 1130. The zero-order valence-corrected chi connectivity index (χ0v) is 13.6. The summed E-state index contributed by atoms with van der Waals surface area (Å²) in [7, 11) is 0. The van der Waals surface area contributed by atoms with Crippen LogP contribution in [0.2, 0.25) is 0 Å². The summed E-state index contributed by atoms with van der Waals surface area (Å²) in [6.45, 7) is -0.208. The fourth-order valence-corrected chi connectivity index (χ4v) is 2.55. The quantitative estimate of drug-likeness (QED) is 0.606. The van der Waals surface area contributed by atoms with Crippen LogP contribution >= 0.6 is 0 Å². The number of benzene rings is 1. The van der Waals surface area contributed by atoms with Crippen LogP contribution in [0.4, 0.5) is 5.69 Å². The lowest BCUT2D eigenvalue weighted by Crippen LogP contribution is -2.30. The molecule has 4 aromatic rings. The molecule has 0 saturated carbocycles. The number of aromatic nitrogens is 5. The molecule has 0 saturated heterocycles. The van der Waals surface area contributed by atoms with Crippen molar-refractivity contribution in [1.82, 2.24) is 24.5 Å². The molecule has 0 aliphatic rings. The van der Waals surface area contributed by atoms with E-state index in [2.05, 4.69) is 20.5 Å². The number of rotatable bonds is 4. The summed E-state index contributed by atoms with van der Waals surface area (Å²) in [4.78, 5) is 28.6. The minimum Gasteiger partial charge on any atom is -0.323 e. The van der Waals surface area contributed by atoms with Crippen LogP contribution in [0.5, 0.6) is 0 Å². The summed E-state index contributed by atoms with van der Waals surface area (Å²) in [6.07, 6.45) is 4.89. The third-order valence-corrected chi connectivity index (χ3v) is 3.76.